The van der Waals surface area contributed by atoms with Gasteiger partial charge in [-0.25, -0.2) is 0 Å². The van der Waals surface area contributed by atoms with Crippen LogP contribution in [0.5, 0.6) is 0 Å². The number of piperidine rings is 1. The lowest BCUT2D eigenvalue weighted by atomic mass is 10.1. The van der Waals surface area contributed by atoms with Gasteiger partial charge >= 0.3 is 0 Å². The molecule has 1 amide bonds. The first-order valence-corrected chi connectivity index (χ1v) is 4.38. The van der Waals surface area contributed by atoms with Crippen molar-refractivity contribution >= 4 is 5.91 Å². The van der Waals surface area contributed by atoms with Gasteiger partial charge in [-0.1, -0.05) is 6.08 Å². The van der Waals surface area contributed by atoms with E-state index in [4.69, 9.17) is 5.73 Å². The van der Waals surface area contributed by atoms with Crippen LogP contribution in [-0.2, 0) is 4.79 Å². The summed E-state index contributed by atoms with van der Waals surface area (Å²) in [7, 11) is 0. The highest BCUT2D eigenvalue weighted by atomic mass is 16.2. The van der Waals surface area contributed by atoms with Crippen LogP contribution < -0.4 is 5.73 Å². The summed E-state index contributed by atoms with van der Waals surface area (Å²) in [6.07, 6.45) is 4.15. The molecule has 3 nitrogen and oxygen atoms in total. The quantitative estimate of drug-likeness (QED) is 0.611. The molecule has 1 atom stereocenters. The molecule has 0 saturated carbocycles. The second-order valence-electron chi connectivity index (χ2n) is 3.23. The molecular formula is C9H16N2O. The predicted molar refractivity (Wildman–Crippen MR) is 48.6 cm³/mol. The Morgan fingerprint density at radius 2 is 2.50 bits per heavy atom. The van der Waals surface area contributed by atoms with E-state index in [1.165, 1.54) is 0 Å². The van der Waals surface area contributed by atoms with E-state index in [2.05, 4.69) is 6.58 Å². The van der Waals surface area contributed by atoms with Crippen LogP contribution in [0.1, 0.15) is 19.3 Å². The van der Waals surface area contributed by atoms with Crippen LogP contribution in [0.25, 0.3) is 0 Å². The zero-order valence-corrected chi connectivity index (χ0v) is 7.33. The summed E-state index contributed by atoms with van der Waals surface area (Å²) in [5.74, 6) is 0.153. The standard InChI is InChI=1S/C9H16N2O/c1-2-4-9(12)11-6-3-5-8(10)7-11/h2,8H,1,3-7,10H2. The van der Waals surface area contributed by atoms with Crippen molar-refractivity contribution in [1.29, 1.82) is 0 Å². The second-order valence-corrected chi connectivity index (χ2v) is 3.23. The Morgan fingerprint density at radius 1 is 1.75 bits per heavy atom. The number of likely N-dealkylation sites (tertiary alicyclic amines) is 1. The van der Waals surface area contributed by atoms with E-state index in [0.29, 0.717) is 13.0 Å². The van der Waals surface area contributed by atoms with Gasteiger partial charge in [0, 0.05) is 25.6 Å². The van der Waals surface area contributed by atoms with Crippen molar-refractivity contribution in [3.05, 3.63) is 12.7 Å². The minimum Gasteiger partial charge on any atom is -0.341 e. The lowest BCUT2D eigenvalue weighted by molar-refractivity contribution is -0.131. The molecule has 0 aromatic rings. The molecule has 1 unspecified atom stereocenters. The van der Waals surface area contributed by atoms with Crippen molar-refractivity contribution in [2.24, 2.45) is 5.73 Å². The minimum atomic E-state index is 0.153. The van der Waals surface area contributed by atoms with Crippen LogP contribution in [0.4, 0.5) is 0 Å². The van der Waals surface area contributed by atoms with Gasteiger partial charge in [-0.15, -0.1) is 6.58 Å². The number of hydrogen-bond donors (Lipinski definition) is 1. The second kappa shape index (κ2) is 4.26. The molecule has 1 aliphatic rings. The first kappa shape index (κ1) is 9.26. The van der Waals surface area contributed by atoms with E-state index in [1.807, 2.05) is 4.90 Å². The van der Waals surface area contributed by atoms with Crippen LogP contribution in [0, 0.1) is 0 Å². The van der Waals surface area contributed by atoms with Crippen molar-refractivity contribution < 1.29 is 4.79 Å². The fourth-order valence-electron chi connectivity index (χ4n) is 1.49. The van der Waals surface area contributed by atoms with Gasteiger partial charge in [0.15, 0.2) is 0 Å². The van der Waals surface area contributed by atoms with Gasteiger partial charge in [0.1, 0.15) is 0 Å². The molecule has 1 heterocycles. The Balaban J connectivity index is 2.39. The number of hydrogen-bond acceptors (Lipinski definition) is 2. The van der Waals surface area contributed by atoms with E-state index in [9.17, 15) is 4.79 Å². The van der Waals surface area contributed by atoms with Crippen molar-refractivity contribution in [2.45, 2.75) is 25.3 Å². The normalized spacial score (nSPS) is 23.8. The SMILES string of the molecule is C=CCC(=O)N1CCCC(N)C1. The molecule has 1 fully saturated rings. The predicted octanol–water partition coefficient (Wildman–Crippen LogP) is 0.512. The highest BCUT2D eigenvalue weighted by Gasteiger charge is 2.19. The minimum absolute atomic E-state index is 0.153. The lowest BCUT2D eigenvalue weighted by Gasteiger charge is -2.30. The number of rotatable bonds is 2. The maximum atomic E-state index is 11.3. The number of nitrogens with zero attached hydrogens (tertiary/aromatic N) is 1. The number of amides is 1. The van der Waals surface area contributed by atoms with Crippen LogP contribution in [-0.4, -0.2) is 29.9 Å². The average molecular weight is 168 g/mol. The van der Waals surface area contributed by atoms with Gasteiger partial charge in [-0.2, -0.15) is 0 Å². The molecule has 3 heteroatoms. The largest absolute Gasteiger partial charge is 0.341 e. The van der Waals surface area contributed by atoms with Gasteiger partial charge in [-0.05, 0) is 12.8 Å². The molecular weight excluding hydrogens is 152 g/mol. The van der Waals surface area contributed by atoms with Crippen LogP contribution in [0.2, 0.25) is 0 Å². The first-order valence-electron chi connectivity index (χ1n) is 4.38. The molecule has 0 radical (unpaired) electrons. The molecule has 1 rings (SSSR count). The third kappa shape index (κ3) is 2.34. The molecule has 0 aromatic carbocycles. The van der Waals surface area contributed by atoms with Gasteiger partial charge in [0.05, 0.1) is 0 Å². The molecule has 0 aliphatic carbocycles. The van der Waals surface area contributed by atoms with E-state index < -0.39 is 0 Å². The highest BCUT2D eigenvalue weighted by Crippen LogP contribution is 2.09. The molecule has 12 heavy (non-hydrogen) atoms. The Kier molecular flexibility index (Phi) is 3.29. The molecule has 1 aliphatic heterocycles. The zero-order valence-electron chi connectivity index (χ0n) is 7.33. The topological polar surface area (TPSA) is 46.3 Å². The van der Waals surface area contributed by atoms with E-state index >= 15 is 0 Å². The molecule has 68 valence electrons. The molecule has 0 aromatic heterocycles. The molecule has 0 bridgehead atoms. The van der Waals surface area contributed by atoms with Crippen LogP contribution in [0.3, 0.4) is 0 Å². The van der Waals surface area contributed by atoms with Crippen LogP contribution >= 0.6 is 0 Å². The van der Waals surface area contributed by atoms with Crippen molar-refractivity contribution in [3.63, 3.8) is 0 Å². The summed E-state index contributed by atoms with van der Waals surface area (Å²) in [5.41, 5.74) is 5.74. The summed E-state index contributed by atoms with van der Waals surface area (Å²) in [4.78, 5) is 13.2. The Bertz CT molecular complexity index is 179. The van der Waals surface area contributed by atoms with Crippen molar-refractivity contribution in [1.82, 2.24) is 4.90 Å². The maximum absolute atomic E-state index is 11.3. The van der Waals surface area contributed by atoms with E-state index in [1.54, 1.807) is 6.08 Å². The van der Waals surface area contributed by atoms with Crippen molar-refractivity contribution in [2.75, 3.05) is 13.1 Å². The number of carbonyl (C=O) groups is 1. The summed E-state index contributed by atoms with van der Waals surface area (Å²) in [6.45, 7) is 5.11. The fraction of sp³-hybridized carbons (Fsp3) is 0.667. The van der Waals surface area contributed by atoms with E-state index in [0.717, 1.165) is 19.4 Å². The van der Waals surface area contributed by atoms with E-state index in [-0.39, 0.29) is 11.9 Å². The van der Waals surface area contributed by atoms with Gasteiger partial charge in [0.25, 0.3) is 0 Å². The maximum Gasteiger partial charge on any atom is 0.226 e. The van der Waals surface area contributed by atoms with Gasteiger partial charge in [-0.3, -0.25) is 4.79 Å². The molecule has 2 N–H and O–H groups in total. The first-order chi connectivity index (χ1) is 5.74. The summed E-state index contributed by atoms with van der Waals surface area (Å²) in [6, 6.07) is 0.174. The summed E-state index contributed by atoms with van der Waals surface area (Å²) >= 11 is 0. The average Bonchev–Trinajstić information content (AvgIpc) is 2.05. The summed E-state index contributed by atoms with van der Waals surface area (Å²) < 4.78 is 0. The Morgan fingerprint density at radius 3 is 3.08 bits per heavy atom. The number of nitrogens with two attached hydrogens (primary N) is 1. The van der Waals surface area contributed by atoms with Gasteiger partial charge in [0.2, 0.25) is 5.91 Å². The fourth-order valence-corrected chi connectivity index (χ4v) is 1.49. The van der Waals surface area contributed by atoms with Gasteiger partial charge < -0.3 is 10.6 Å². The number of carbonyl (C=O) groups excluding carboxylic acids is 1. The zero-order chi connectivity index (χ0) is 8.97. The third-order valence-electron chi connectivity index (χ3n) is 2.13. The Hall–Kier alpha value is -0.830. The molecule has 1 saturated heterocycles. The van der Waals surface area contributed by atoms with Crippen molar-refractivity contribution in [3.8, 4) is 0 Å². The lowest BCUT2D eigenvalue weighted by Crippen LogP contribution is -2.45. The highest BCUT2D eigenvalue weighted by molar-refractivity contribution is 5.77. The molecule has 0 spiro atoms. The van der Waals surface area contributed by atoms with Crippen LogP contribution in [0.15, 0.2) is 12.7 Å². The smallest absolute Gasteiger partial charge is 0.226 e. The Labute approximate surface area is 73.2 Å². The third-order valence-corrected chi connectivity index (χ3v) is 2.13. The summed E-state index contributed by atoms with van der Waals surface area (Å²) in [5, 5.41) is 0. The monoisotopic (exact) mass is 168 g/mol.